The highest BCUT2D eigenvalue weighted by molar-refractivity contribution is 7.90. The van der Waals surface area contributed by atoms with E-state index in [9.17, 15) is 13.2 Å². The topological polar surface area (TPSA) is 107 Å². The maximum Gasteiger partial charge on any atom is 0.312 e. The molecule has 0 aliphatic carbocycles. The monoisotopic (exact) mass is 273 g/mol. The lowest BCUT2D eigenvalue weighted by molar-refractivity contribution is -0.138. The number of ether oxygens (including phenoxy) is 1. The molecule has 0 amide bonds. The van der Waals surface area contributed by atoms with E-state index < -0.39 is 21.7 Å². The fraction of sp³-hybridized carbons (Fsp3) is 0.364. The third-order valence-electron chi connectivity index (χ3n) is 2.53. The predicted octanol–water partition coefficient (Wildman–Crippen LogP) is 0.226. The zero-order chi connectivity index (χ0) is 13.9. The van der Waals surface area contributed by atoms with Gasteiger partial charge in [0.1, 0.15) is 5.75 Å². The van der Waals surface area contributed by atoms with Gasteiger partial charge < -0.3 is 15.6 Å². The Hall–Kier alpha value is -1.60. The van der Waals surface area contributed by atoms with Gasteiger partial charge in [-0.05, 0) is 12.1 Å². The van der Waals surface area contributed by atoms with Gasteiger partial charge in [-0.1, -0.05) is 6.07 Å². The largest absolute Gasteiger partial charge is 0.496 e. The Morgan fingerprint density at radius 2 is 2.11 bits per heavy atom. The number of rotatable bonds is 5. The molecule has 0 aliphatic heterocycles. The van der Waals surface area contributed by atoms with E-state index in [1.165, 1.54) is 25.3 Å². The van der Waals surface area contributed by atoms with E-state index in [-0.39, 0.29) is 22.8 Å². The first-order chi connectivity index (χ1) is 8.32. The first kappa shape index (κ1) is 14.5. The van der Waals surface area contributed by atoms with Crippen LogP contribution in [0, 0.1) is 0 Å². The molecule has 0 aromatic heterocycles. The lowest BCUT2D eigenvalue weighted by Crippen LogP contribution is -2.23. The molecule has 6 nitrogen and oxygen atoms in total. The molecular formula is C11H15NO5S. The second-order valence-corrected chi connectivity index (χ2v) is 5.75. The summed E-state index contributed by atoms with van der Waals surface area (Å²) in [6.07, 6.45) is 1.01. The Morgan fingerprint density at radius 1 is 1.50 bits per heavy atom. The molecule has 0 fully saturated rings. The van der Waals surface area contributed by atoms with Crippen molar-refractivity contribution in [3.05, 3.63) is 23.8 Å². The predicted molar refractivity (Wildman–Crippen MR) is 65.5 cm³/mol. The minimum absolute atomic E-state index is 0.0697. The van der Waals surface area contributed by atoms with Crippen LogP contribution in [0.2, 0.25) is 0 Å². The van der Waals surface area contributed by atoms with Crippen LogP contribution in [-0.4, -0.2) is 39.4 Å². The van der Waals surface area contributed by atoms with Crippen molar-refractivity contribution >= 4 is 15.8 Å². The molecule has 1 aromatic carbocycles. The van der Waals surface area contributed by atoms with Gasteiger partial charge in [0.2, 0.25) is 0 Å². The third kappa shape index (κ3) is 2.80. The zero-order valence-corrected chi connectivity index (χ0v) is 10.9. The normalized spacial score (nSPS) is 13.1. The standard InChI is InChI=1S/C11H15NO5S/c1-17-8-4-3-5-9(18(2,15)16)10(8)7(6-12)11(13)14/h3-5,7H,6,12H2,1-2H3,(H,13,14). The minimum Gasteiger partial charge on any atom is -0.496 e. The number of sulfone groups is 1. The van der Waals surface area contributed by atoms with Crippen molar-refractivity contribution in [3.8, 4) is 5.75 Å². The SMILES string of the molecule is COc1cccc(S(C)(=O)=O)c1C(CN)C(=O)O. The van der Waals surface area contributed by atoms with Crippen LogP contribution in [0.5, 0.6) is 5.75 Å². The van der Waals surface area contributed by atoms with Gasteiger partial charge in [0, 0.05) is 18.4 Å². The van der Waals surface area contributed by atoms with Crippen molar-refractivity contribution in [1.82, 2.24) is 0 Å². The molecule has 1 unspecified atom stereocenters. The molecule has 18 heavy (non-hydrogen) atoms. The van der Waals surface area contributed by atoms with Crippen LogP contribution in [0.3, 0.4) is 0 Å². The number of aliphatic carboxylic acids is 1. The zero-order valence-electron chi connectivity index (χ0n) is 10.1. The molecule has 0 radical (unpaired) electrons. The smallest absolute Gasteiger partial charge is 0.312 e. The van der Waals surface area contributed by atoms with Gasteiger partial charge in [-0.2, -0.15) is 0 Å². The summed E-state index contributed by atoms with van der Waals surface area (Å²) in [5, 5.41) is 9.11. The van der Waals surface area contributed by atoms with Crippen molar-refractivity contribution in [2.24, 2.45) is 5.73 Å². The number of nitrogens with two attached hydrogens (primary N) is 1. The third-order valence-corrected chi connectivity index (χ3v) is 3.68. The average molecular weight is 273 g/mol. The Labute approximate surface area is 105 Å². The molecule has 3 N–H and O–H groups in total. The Balaban J connectivity index is 3.61. The molecule has 0 saturated heterocycles. The van der Waals surface area contributed by atoms with Crippen molar-refractivity contribution in [1.29, 1.82) is 0 Å². The van der Waals surface area contributed by atoms with Crippen molar-refractivity contribution in [3.63, 3.8) is 0 Å². The van der Waals surface area contributed by atoms with Crippen LogP contribution in [-0.2, 0) is 14.6 Å². The fourth-order valence-corrected chi connectivity index (χ4v) is 2.68. The Bertz CT molecular complexity index is 553. The summed E-state index contributed by atoms with van der Waals surface area (Å²) in [5.74, 6) is -2.10. The molecule has 0 saturated carbocycles. The second kappa shape index (κ2) is 5.36. The number of carboxylic acids is 1. The quantitative estimate of drug-likeness (QED) is 0.795. The van der Waals surface area contributed by atoms with Gasteiger partial charge in [-0.25, -0.2) is 8.42 Å². The van der Waals surface area contributed by atoms with Crippen LogP contribution < -0.4 is 10.5 Å². The highest BCUT2D eigenvalue weighted by Gasteiger charge is 2.28. The van der Waals surface area contributed by atoms with Crippen molar-refractivity contribution < 1.29 is 23.1 Å². The first-order valence-electron chi connectivity index (χ1n) is 5.12. The maximum atomic E-state index is 11.7. The van der Waals surface area contributed by atoms with Crippen LogP contribution in [0.1, 0.15) is 11.5 Å². The van der Waals surface area contributed by atoms with Crippen molar-refractivity contribution in [2.75, 3.05) is 19.9 Å². The molecule has 0 aliphatic rings. The number of hydrogen-bond acceptors (Lipinski definition) is 5. The molecule has 1 rings (SSSR count). The highest BCUT2D eigenvalue weighted by atomic mass is 32.2. The van der Waals surface area contributed by atoms with Crippen LogP contribution >= 0.6 is 0 Å². The molecule has 1 aromatic rings. The van der Waals surface area contributed by atoms with E-state index >= 15 is 0 Å². The van der Waals surface area contributed by atoms with E-state index in [2.05, 4.69) is 0 Å². The summed E-state index contributed by atoms with van der Waals surface area (Å²) in [6.45, 7) is -0.210. The van der Waals surface area contributed by atoms with E-state index in [1.807, 2.05) is 0 Å². The highest BCUT2D eigenvalue weighted by Crippen LogP contribution is 2.32. The molecule has 0 heterocycles. The summed E-state index contributed by atoms with van der Waals surface area (Å²) in [7, 11) is -2.21. The number of carboxylic acid groups (broad SMARTS) is 1. The lowest BCUT2D eigenvalue weighted by Gasteiger charge is -2.17. The maximum absolute atomic E-state index is 11.7. The molecule has 7 heteroatoms. The lowest BCUT2D eigenvalue weighted by atomic mass is 9.98. The summed E-state index contributed by atoms with van der Waals surface area (Å²) >= 11 is 0. The molecular weight excluding hydrogens is 258 g/mol. The fourth-order valence-electron chi connectivity index (χ4n) is 1.71. The minimum atomic E-state index is -3.55. The number of benzene rings is 1. The van der Waals surface area contributed by atoms with E-state index in [4.69, 9.17) is 15.6 Å². The summed E-state index contributed by atoms with van der Waals surface area (Å²) in [5.41, 5.74) is 5.51. The van der Waals surface area contributed by atoms with E-state index in [0.29, 0.717) is 0 Å². The van der Waals surface area contributed by atoms with Gasteiger partial charge in [0.15, 0.2) is 9.84 Å². The second-order valence-electron chi connectivity index (χ2n) is 3.77. The number of methoxy groups -OCH3 is 1. The molecule has 0 bridgehead atoms. The number of carbonyl (C=O) groups is 1. The molecule has 100 valence electrons. The summed E-state index contributed by atoms with van der Waals surface area (Å²) in [4.78, 5) is 11.1. The van der Waals surface area contributed by atoms with E-state index in [0.717, 1.165) is 6.26 Å². The average Bonchev–Trinajstić information content (AvgIpc) is 2.28. The molecule has 0 spiro atoms. The molecule has 1 atom stereocenters. The Morgan fingerprint density at radius 3 is 2.50 bits per heavy atom. The van der Waals surface area contributed by atoms with Gasteiger partial charge in [-0.15, -0.1) is 0 Å². The van der Waals surface area contributed by atoms with E-state index in [1.54, 1.807) is 0 Å². The van der Waals surface area contributed by atoms with Gasteiger partial charge in [0.05, 0.1) is 17.9 Å². The van der Waals surface area contributed by atoms with Crippen LogP contribution in [0.25, 0.3) is 0 Å². The van der Waals surface area contributed by atoms with Gasteiger partial charge in [0.25, 0.3) is 0 Å². The first-order valence-corrected chi connectivity index (χ1v) is 7.02. The van der Waals surface area contributed by atoms with Crippen LogP contribution in [0.15, 0.2) is 23.1 Å². The number of hydrogen-bond donors (Lipinski definition) is 2. The van der Waals surface area contributed by atoms with Crippen molar-refractivity contribution in [2.45, 2.75) is 10.8 Å². The van der Waals surface area contributed by atoms with Gasteiger partial charge in [-0.3, -0.25) is 4.79 Å². The summed E-state index contributed by atoms with van der Waals surface area (Å²) < 4.78 is 28.4. The van der Waals surface area contributed by atoms with Crippen LogP contribution in [0.4, 0.5) is 0 Å². The van der Waals surface area contributed by atoms with Gasteiger partial charge >= 0.3 is 5.97 Å². The Kier molecular flexibility index (Phi) is 4.31. The summed E-state index contributed by atoms with van der Waals surface area (Å²) in [6, 6.07) is 4.35.